The van der Waals surface area contributed by atoms with Crippen LogP contribution in [0.25, 0.3) is 0 Å². The second kappa shape index (κ2) is 13.2. The van der Waals surface area contributed by atoms with Crippen molar-refractivity contribution < 1.29 is 28.6 Å². The Morgan fingerprint density at radius 1 is 1.06 bits per heavy atom. The molecule has 0 aliphatic heterocycles. The molecule has 0 bridgehead atoms. The number of para-hydroxylation sites is 1. The molecule has 10 heteroatoms. The summed E-state index contributed by atoms with van der Waals surface area (Å²) in [6.45, 7) is 5.75. The fourth-order valence-corrected chi connectivity index (χ4v) is 3.25. The second-order valence-electron chi connectivity index (χ2n) is 6.69. The molecule has 0 radical (unpaired) electrons. The Labute approximate surface area is 200 Å². The molecule has 2 N–H and O–H groups in total. The lowest BCUT2D eigenvalue weighted by molar-refractivity contribution is -0.145. The van der Waals surface area contributed by atoms with Gasteiger partial charge < -0.3 is 19.5 Å². The number of ether oxygens (including phenoxy) is 3. The first kappa shape index (κ1) is 25.9. The van der Waals surface area contributed by atoms with Gasteiger partial charge in [-0.05, 0) is 66.0 Å². The van der Waals surface area contributed by atoms with Crippen molar-refractivity contribution in [1.82, 2.24) is 5.43 Å². The van der Waals surface area contributed by atoms with Gasteiger partial charge in [0.15, 0.2) is 18.1 Å². The summed E-state index contributed by atoms with van der Waals surface area (Å²) in [6.07, 6.45) is 1.03. The lowest BCUT2D eigenvalue weighted by Crippen LogP contribution is -2.24. The van der Waals surface area contributed by atoms with Gasteiger partial charge in [-0.1, -0.05) is 18.2 Å². The number of rotatable bonds is 11. The topological polar surface area (TPSA) is 115 Å². The lowest BCUT2D eigenvalue weighted by atomic mass is 10.2. The molecule has 0 fully saturated rings. The second-order valence-corrected chi connectivity index (χ2v) is 7.54. The standard InChI is InChI=1S/C23H26BrN3O6/c1-4-31-19-11-16(10-17(24)23(19)33-14-22(30)32-5-2)13-25-27-21(29)12-20(28)26-18-9-7-6-8-15(18)3/h6-11,13H,4-5,12,14H2,1-3H3,(H,26,28)(H,27,29). The van der Waals surface area contributed by atoms with Gasteiger partial charge in [0.2, 0.25) is 11.8 Å². The molecule has 0 heterocycles. The smallest absolute Gasteiger partial charge is 0.344 e. The minimum atomic E-state index is -0.559. The number of nitrogens with one attached hydrogen (secondary N) is 2. The van der Waals surface area contributed by atoms with Gasteiger partial charge in [0.1, 0.15) is 6.42 Å². The Bertz CT molecular complexity index is 1030. The summed E-state index contributed by atoms with van der Waals surface area (Å²) in [5.41, 5.74) is 4.47. The molecule has 33 heavy (non-hydrogen) atoms. The number of esters is 1. The summed E-state index contributed by atoms with van der Waals surface area (Å²) in [7, 11) is 0. The van der Waals surface area contributed by atoms with Crippen LogP contribution in [-0.2, 0) is 19.1 Å². The van der Waals surface area contributed by atoms with Gasteiger partial charge in [0.25, 0.3) is 0 Å². The van der Waals surface area contributed by atoms with Crippen molar-refractivity contribution in [3.8, 4) is 11.5 Å². The number of hydrazone groups is 1. The van der Waals surface area contributed by atoms with E-state index in [9.17, 15) is 14.4 Å². The largest absolute Gasteiger partial charge is 0.490 e. The minimum absolute atomic E-state index is 0.260. The van der Waals surface area contributed by atoms with Crippen LogP contribution in [0.15, 0.2) is 46.0 Å². The van der Waals surface area contributed by atoms with Gasteiger partial charge in [0.05, 0.1) is 23.9 Å². The summed E-state index contributed by atoms with van der Waals surface area (Å²) in [5.74, 6) is -0.760. The highest BCUT2D eigenvalue weighted by atomic mass is 79.9. The SMILES string of the molecule is CCOC(=O)COc1c(Br)cc(C=NNC(=O)CC(=O)Nc2ccccc2C)cc1OCC. The molecule has 2 rings (SSSR count). The molecule has 2 amide bonds. The molecule has 9 nitrogen and oxygen atoms in total. The van der Waals surface area contributed by atoms with E-state index in [1.807, 2.05) is 26.0 Å². The number of carbonyl (C=O) groups is 3. The van der Waals surface area contributed by atoms with Gasteiger partial charge in [-0.2, -0.15) is 5.10 Å². The van der Waals surface area contributed by atoms with E-state index in [2.05, 4.69) is 31.8 Å². The molecule has 2 aromatic carbocycles. The maximum Gasteiger partial charge on any atom is 0.344 e. The number of amides is 2. The van der Waals surface area contributed by atoms with Gasteiger partial charge in [-0.3, -0.25) is 9.59 Å². The molecule has 2 aromatic rings. The Morgan fingerprint density at radius 3 is 2.52 bits per heavy atom. The van der Waals surface area contributed by atoms with Crippen LogP contribution < -0.4 is 20.2 Å². The number of carbonyl (C=O) groups excluding carboxylic acids is 3. The summed E-state index contributed by atoms with van der Waals surface area (Å²) < 4.78 is 16.5. The monoisotopic (exact) mass is 519 g/mol. The van der Waals surface area contributed by atoms with Gasteiger partial charge in [0, 0.05) is 5.69 Å². The Balaban J connectivity index is 1.97. The van der Waals surface area contributed by atoms with E-state index in [0.29, 0.717) is 33.8 Å². The molecule has 0 aromatic heterocycles. The number of nitrogens with zero attached hydrogens (tertiary/aromatic N) is 1. The van der Waals surface area contributed by atoms with Crippen LogP contribution in [0.4, 0.5) is 5.69 Å². The molecule has 0 atom stereocenters. The average molecular weight is 520 g/mol. The highest BCUT2D eigenvalue weighted by Crippen LogP contribution is 2.36. The molecular formula is C23H26BrN3O6. The van der Waals surface area contributed by atoms with E-state index in [0.717, 1.165) is 5.56 Å². The summed E-state index contributed by atoms with van der Waals surface area (Å²) in [5, 5.41) is 6.58. The number of hydrogen-bond acceptors (Lipinski definition) is 7. The normalized spacial score (nSPS) is 10.5. The quantitative estimate of drug-likeness (QED) is 0.203. The zero-order chi connectivity index (χ0) is 24.2. The minimum Gasteiger partial charge on any atom is -0.490 e. The summed E-state index contributed by atoms with van der Waals surface area (Å²) >= 11 is 3.39. The van der Waals surface area contributed by atoms with Crippen molar-refractivity contribution in [3.63, 3.8) is 0 Å². The third kappa shape index (κ3) is 8.57. The van der Waals surface area contributed by atoms with E-state index in [1.165, 1.54) is 6.21 Å². The third-order valence-electron chi connectivity index (χ3n) is 4.11. The van der Waals surface area contributed by atoms with Crippen LogP contribution in [0.5, 0.6) is 11.5 Å². The fourth-order valence-electron chi connectivity index (χ4n) is 2.67. The molecule has 0 aliphatic rings. The number of hydrogen-bond donors (Lipinski definition) is 2. The van der Waals surface area contributed by atoms with Crippen molar-refractivity contribution in [2.24, 2.45) is 5.10 Å². The zero-order valence-electron chi connectivity index (χ0n) is 18.6. The van der Waals surface area contributed by atoms with Gasteiger partial charge >= 0.3 is 5.97 Å². The predicted octanol–water partition coefficient (Wildman–Crippen LogP) is 3.58. The Hall–Kier alpha value is -3.40. The van der Waals surface area contributed by atoms with Crippen LogP contribution in [0, 0.1) is 6.92 Å². The summed E-state index contributed by atoms with van der Waals surface area (Å²) in [4.78, 5) is 35.7. The number of benzene rings is 2. The first-order valence-corrected chi connectivity index (χ1v) is 11.1. The lowest BCUT2D eigenvalue weighted by Gasteiger charge is -2.14. The Kier molecular flexibility index (Phi) is 10.4. The molecule has 0 saturated heterocycles. The maximum absolute atomic E-state index is 12.1. The maximum atomic E-state index is 12.1. The average Bonchev–Trinajstić information content (AvgIpc) is 2.75. The predicted molar refractivity (Wildman–Crippen MR) is 128 cm³/mol. The van der Waals surface area contributed by atoms with E-state index in [1.54, 1.807) is 31.2 Å². The molecular weight excluding hydrogens is 494 g/mol. The van der Waals surface area contributed by atoms with Gasteiger partial charge in [-0.15, -0.1) is 0 Å². The first-order valence-electron chi connectivity index (χ1n) is 10.3. The number of halogens is 1. The Morgan fingerprint density at radius 2 is 1.82 bits per heavy atom. The van der Waals surface area contributed by atoms with Crippen LogP contribution >= 0.6 is 15.9 Å². The van der Waals surface area contributed by atoms with Crippen molar-refractivity contribution in [1.29, 1.82) is 0 Å². The molecule has 0 unspecified atom stereocenters. The van der Waals surface area contributed by atoms with Crippen LogP contribution in [0.2, 0.25) is 0 Å². The molecule has 0 saturated carbocycles. The third-order valence-corrected chi connectivity index (χ3v) is 4.70. The first-order chi connectivity index (χ1) is 15.8. The van der Waals surface area contributed by atoms with E-state index in [-0.39, 0.29) is 19.6 Å². The van der Waals surface area contributed by atoms with Crippen molar-refractivity contribution in [3.05, 3.63) is 52.0 Å². The number of anilines is 1. The van der Waals surface area contributed by atoms with E-state index < -0.39 is 17.8 Å². The van der Waals surface area contributed by atoms with Crippen LogP contribution in [0.1, 0.15) is 31.4 Å². The van der Waals surface area contributed by atoms with Crippen molar-refractivity contribution >= 4 is 45.6 Å². The zero-order valence-corrected chi connectivity index (χ0v) is 20.2. The fraction of sp³-hybridized carbons (Fsp3) is 0.304. The van der Waals surface area contributed by atoms with Crippen molar-refractivity contribution in [2.45, 2.75) is 27.2 Å². The highest BCUT2D eigenvalue weighted by molar-refractivity contribution is 9.10. The molecule has 0 aliphatic carbocycles. The highest BCUT2D eigenvalue weighted by Gasteiger charge is 2.14. The molecule has 0 spiro atoms. The van der Waals surface area contributed by atoms with Gasteiger partial charge in [-0.25, -0.2) is 10.2 Å². The van der Waals surface area contributed by atoms with Crippen LogP contribution in [0.3, 0.4) is 0 Å². The summed E-state index contributed by atoms with van der Waals surface area (Å²) in [6, 6.07) is 10.6. The molecule has 176 valence electrons. The van der Waals surface area contributed by atoms with E-state index >= 15 is 0 Å². The van der Waals surface area contributed by atoms with E-state index in [4.69, 9.17) is 14.2 Å². The number of aryl methyl sites for hydroxylation is 1. The van der Waals surface area contributed by atoms with Crippen LogP contribution in [-0.4, -0.2) is 43.8 Å². The van der Waals surface area contributed by atoms with Crippen molar-refractivity contribution in [2.75, 3.05) is 25.1 Å².